The van der Waals surface area contributed by atoms with Crippen molar-refractivity contribution in [1.29, 1.82) is 0 Å². The van der Waals surface area contributed by atoms with Crippen LogP contribution in [0.4, 0.5) is 0 Å². The van der Waals surface area contributed by atoms with Crippen LogP contribution >= 0.6 is 11.8 Å². The van der Waals surface area contributed by atoms with Gasteiger partial charge in [0, 0.05) is 11.9 Å². The van der Waals surface area contributed by atoms with Gasteiger partial charge >= 0.3 is 5.97 Å². The molecule has 0 aromatic carbocycles. The molecule has 2 saturated heterocycles. The van der Waals surface area contributed by atoms with Crippen molar-refractivity contribution >= 4 is 23.6 Å². The lowest BCUT2D eigenvalue weighted by atomic mass is 9.86. The molecule has 3 N–H and O–H groups in total. The Kier molecular flexibility index (Phi) is 2.68. The number of methoxy groups -OCH3 is 1. The van der Waals surface area contributed by atoms with Crippen molar-refractivity contribution in [3.8, 4) is 0 Å². The molecule has 1 amide bonds. The number of hydrogen-bond donors (Lipinski definition) is 2. The monoisotopic (exact) mass is 260 g/mol. The van der Waals surface area contributed by atoms with Crippen LogP contribution in [0.5, 0.6) is 0 Å². The molecule has 17 heavy (non-hydrogen) atoms. The first kappa shape index (κ1) is 12.7. The van der Waals surface area contributed by atoms with Crippen LogP contribution in [-0.2, 0) is 14.3 Å². The SMILES string of the molecule is COCC1(N)C(=O)N2[C@@H](C(=O)O)C(C)(C)S[C@@H]21. The van der Waals surface area contributed by atoms with Gasteiger partial charge in [-0.3, -0.25) is 4.79 Å². The number of β-lactam (4-membered cyclic amide) rings is 1. The number of nitrogens with zero attached hydrogens (tertiary/aromatic N) is 1. The third kappa shape index (κ3) is 1.49. The topological polar surface area (TPSA) is 92.9 Å². The average Bonchev–Trinajstić information content (AvgIpc) is 2.48. The van der Waals surface area contributed by atoms with Crippen molar-refractivity contribution in [2.24, 2.45) is 5.73 Å². The number of carboxylic acids is 1. The minimum Gasteiger partial charge on any atom is -0.480 e. The minimum atomic E-state index is -1.08. The van der Waals surface area contributed by atoms with Crippen LogP contribution in [0, 0.1) is 0 Å². The summed E-state index contributed by atoms with van der Waals surface area (Å²) in [4.78, 5) is 24.6. The van der Waals surface area contributed by atoms with E-state index in [0.29, 0.717) is 0 Å². The molecule has 0 aromatic rings. The highest BCUT2D eigenvalue weighted by atomic mass is 32.2. The van der Waals surface area contributed by atoms with E-state index in [1.54, 1.807) is 0 Å². The molecule has 6 nitrogen and oxygen atoms in total. The molecule has 96 valence electrons. The fourth-order valence-corrected chi connectivity index (χ4v) is 4.15. The van der Waals surface area contributed by atoms with E-state index in [-0.39, 0.29) is 17.9 Å². The summed E-state index contributed by atoms with van der Waals surface area (Å²) in [5.74, 6) is -1.33. The van der Waals surface area contributed by atoms with Gasteiger partial charge in [0.05, 0.1) is 6.61 Å². The third-order valence-corrected chi connectivity index (χ3v) is 5.00. The lowest BCUT2D eigenvalue weighted by Crippen LogP contribution is -2.79. The van der Waals surface area contributed by atoms with Crippen LogP contribution in [-0.4, -0.2) is 57.3 Å². The van der Waals surface area contributed by atoms with Crippen LogP contribution in [0.15, 0.2) is 0 Å². The first-order valence-corrected chi connectivity index (χ1v) is 6.15. The van der Waals surface area contributed by atoms with Crippen molar-refractivity contribution in [3.05, 3.63) is 0 Å². The number of rotatable bonds is 3. The van der Waals surface area contributed by atoms with Gasteiger partial charge in [-0.05, 0) is 13.8 Å². The van der Waals surface area contributed by atoms with Gasteiger partial charge < -0.3 is 20.5 Å². The van der Waals surface area contributed by atoms with Gasteiger partial charge in [0.2, 0.25) is 5.91 Å². The molecule has 1 unspecified atom stereocenters. The number of nitrogens with two attached hydrogens (primary N) is 1. The Morgan fingerprint density at radius 2 is 2.24 bits per heavy atom. The second-order valence-electron chi connectivity index (χ2n) is 5.00. The van der Waals surface area contributed by atoms with Gasteiger partial charge in [0.15, 0.2) is 0 Å². The molecule has 7 heteroatoms. The summed E-state index contributed by atoms with van der Waals surface area (Å²) in [5.41, 5.74) is 4.91. The van der Waals surface area contributed by atoms with E-state index in [2.05, 4.69) is 0 Å². The predicted octanol–water partition coefficient (Wildman–Crippen LogP) is -0.523. The zero-order chi connectivity index (χ0) is 13.0. The molecule has 2 aliphatic rings. The standard InChI is InChI=1S/C10H16N2O4S/c1-9(2)5(6(13)14)12-7(15)10(11,4-16-3)8(12)17-9/h5,8H,4,11H2,1-3H3,(H,13,14)/t5-,8+,10?/m0/s1. The number of carbonyl (C=O) groups is 2. The van der Waals surface area contributed by atoms with Gasteiger partial charge in [-0.1, -0.05) is 0 Å². The molecule has 0 saturated carbocycles. The predicted molar refractivity (Wildman–Crippen MR) is 62.5 cm³/mol. The molecule has 0 radical (unpaired) electrons. The Morgan fingerprint density at radius 1 is 1.65 bits per heavy atom. The zero-order valence-electron chi connectivity index (χ0n) is 9.97. The average molecular weight is 260 g/mol. The van der Waals surface area contributed by atoms with Gasteiger partial charge in [0.25, 0.3) is 0 Å². The molecule has 0 aliphatic carbocycles. The van der Waals surface area contributed by atoms with Crippen LogP contribution in [0.25, 0.3) is 0 Å². The Labute approximate surface area is 103 Å². The maximum absolute atomic E-state index is 12.0. The second kappa shape index (κ2) is 3.60. The summed E-state index contributed by atoms with van der Waals surface area (Å²) >= 11 is 1.42. The number of carboxylic acid groups (broad SMARTS) is 1. The number of hydrogen-bond acceptors (Lipinski definition) is 5. The molecular weight excluding hydrogens is 244 g/mol. The maximum Gasteiger partial charge on any atom is 0.327 e. The minimum absolute atomic E-state index is 0.114. The summed E-state index contributed by atoms with van der Waals surface area (Å²) in [5, 5.41) is 8.90. The van der Waals surface area contributed by atoms with Crippen molar-refractivity contribution in [1.82, 2.24) is 4.90 Å². The lowest BCUT2D eigenvalue weighted by molar-refractivity contribution is -0.168. The van der Waals surface area contributed by atoms with Gasteiger partial charge in [0.1, 0.15) is 17.0 Å². The van der Waals surface area contributed by atoms with Crippen LogP contribution < -0.4 is 5.73 Å². The summed E-state index contributed by atoms with van der Waals surface area (Å²) in [6.07, 6.45) is 0. The summed E-state index contributed by atoms with van der Waals surface area (Å²) < 4.78 is 4.42. The number of amides is 1. The highest BCUT2D eigenvalue weighted by Crippen LogP contribution is 2.53. The molecule has 2 aliphatic heterocycles. The normalized spacial score (nSPS) is 38.8. The quantitative estimate of drug-likeness (QED) is 0.663. The largest absolute Gasteiger partial charge is 0.480 e. The number of aliphatic carboxylic acids is 1. The van der Waals surface area contributed by atoms with Crippen LogP contribution in [0.3, 0.4) is 0 Å². The van der Waals surface area contributed by atoms with E-state index in [9.17, 15) is 14.7 Å². The first-order valence-electron chi connectivity index (χ1n) is 5.27. The van der Waals surface area contributed by atoms with Gasteiger partial charge in [-0.15, -0.1) is 11.8 Å². The third-order valence-electron chi connectivity index (χ3n) is 3.30. The summed E-state index contributed by atoms with van der Waals surface area (Å²) in [7, 11) is 1.48. The summed E-state index contributed by atoms with van der Waals surface area (Å²) in [6.45, 7) is 3.74. The Bertz CT molecular complexity index is 387. The van der Waals surface area contributed by atoms with Crippen molar-refractivity contribution in [2.45, 2.75) is 35.5 Å². The van der Waals surface area contributed by atoms with Gasteiger partial charge in [-0.25, -0.2) is 4.79 Å². The van der Waals surface area contributed by atoms with E-state index in [1.165, 1.54) is 23.8 Å². The number of thioether (sulfide) groups is 1. The first-order chi connectivity index (χ1) is 7.75. The Balaban J connectivity index is 2.31. The fourth-order valence-electron chi connectivity index (χ4n) is 2.52. The number of ether oxygens (including phenoxy) is 1. The molecule has 2 heterocycles. The Morgan fingerprint density at radius 3 is 2.71 bits per heavy atom. The second-order valence-corrected chi connectivity index (χ2v) is 6.73. The van der Waals surface area contributed by atoms with Crippen molar-refractivity contribution in [3.63, 3.8) is 0 Å². The van der Waals surface area contributed by atoms with Crippen molar-refractivity contribution in [2.75, 3.05) is 13.7 Å². The van der Waals surface area contributed by atoms with E-state index in [4.69, 9.17) is 10.5 Å². The van der Waals surface area contributed by atoms with E-state index >= 15 is 0 Å². The van der Waals surface area contributed by atoms with E-state index in [0.717, 1.165) is 0 Å². The van der Waals surface area contributed by atoms with Gasteiger partial charge in [-0.2, -0.15) is 0 Å². The molecule has 0 spiro atoms. The molecule has 2 fully saturated rings. The van der Waals surface area contributed by atoms with E-state index < -0.39 is 22.3 Å². The number of carbonyl (C=O) groups excluding carboxylic acids is 1. The van der Waals surface area contributed by atoms with Crippen molar-refractivity contribution < 1.29 is 19.4 Å². The lowest BCUT2D eigenvalue weighted by Gasteiger charge is -2.50. The molecule has 0 aromatic heterocycles. The summed E-state index contributed by atoms with van der Waals surface area (Å²) in [6, 6.07) is -0.821. The van der Waals surface area contributed by atoms with E-state index in [1.807, 2.05) is 13.8 Å². The molecular formula is C10H16N2O4S. The Hall–Kier alpha value is -0.790. The smallest absolute Gasteiger partial charge is 0.327 e. The fraction of sp³-hybridized carbons (Fsp3) is 0.800. The highest BCUT2D eigenvalue weighted by molar-refractivity contribution is 8.01. The highest BCUT2D eigenvalue weighted by Gasteiger charge is 2.70. The molecule has 2 rings (SSSR count). The molecule has 3 atom stereocenters. The maximum atomic E-state index is 12.0. The molecule has 0 bridgehead atoms. The number of fused-ring (bicyclic) bond motifs is 1. The zero-order valence-corrected chi connectivity index (χ0v) is 10.8. The van der Waals surface area contributed by atoms with Crippen LogP contribution in [0.2, 0.25) is 0 Å². The van der Waals surface area contributed by atoms with Crippen LogP contribution in [0.1, 0.15) is 13.8 Å².